The van der Waals surface area contributed by atoms with Crippen LogP contribution in [0.5, 0.6) is 0 Å². The van der Waals surface area contributed by atoms with Crippen LogP contribution in [0.4, 0.5) is 0 Å². The Bertz CT molecular complexity index is 1150. The van der Waals surface area contributed by atoms with Gasteiger partial charge in [0, 0.05) is 10.9 Å². The summed E-state index contributed by atoms with van der Waals surface area (Å²) in [5.41, 5.74) is 8.44. The molecule has 1 aromatic heterocycles. The second-order valence-corrected chi connectivity index (χ2v) is 6.66. The molecule has 1 aromatic carbocycles. The van der Waals surface area contributed by atoms with Gasteiger partial charge in [-0.2, -0.15) is 5.26 Å². The standard InChI is InChI=1S/C21H21N3O4/c1-5-27-21(26)16-12(4)28-19(23)15(9-22)17(16)14-8-13-10(2)6-7-11(3)18(13)24-20(14)25/h6-8,17H,5,23H2,1-4H3,(H,24,25)/t17-/m1/s1. The monoisotopic (exact) mass is 379 g/mol. The van der Waals surface area contributed by atoms with Crippen molar-refractivity contribution in [3.05, 3.63) is 68.0 Å². The summed E-state index contributed by atoms with van der Waals surface area (Å²) in [7, 11) is 0. The Balaban J connectivity index is 2.34. The molecule has 0 bridgehead atoms. The molecule has 0 amide bonds. The van der Waals surface area contributed by atoms with Crippen molar-refractivity contribution in [2.75, 3.05) is 6.61 Å². The fourth-order valence-corrected chi connectivity index (χ4v) is 3.47. The van der Waals surface area contributed by atoms with E-state index in [0.29, 0.717) is 0 Å². The van der Waals surface area contributed by atoms with Crippen molar-refractivity contribution in [2.24, 2.45) is 5.73 Å². The number of aromatic nitrogens is 1. The summed E-state index contributed by atoms with van der Waals surface area (Å²) < 4.78 is 10.5. The third-order valence-corrected chi connectivity index (χ3v) is 4.88. The zero-order chi connectivity index (χ0) is 20.6. The number of hydrogen-bond acceptors (Lipinski definition) is 6. The molecule has 28 heavy (non-hydrogen) atoms. The lowest BCUT2D eigenvalue weighted by Gasteiger charge is -2.26. The van der Waals surface area contributed by atoms with Crippen molar-refractivity contribution in [2.45, 2.75) is 33.6 Å². The lowest BCUT2D eigenvalue weighted by Crippen LogP contribution is -2.29. The molecule has 3 rings (SSSR count). The summed E-state index contributed by atoms with van der Waals surface area (Å²) in [6.45, 7) is 7.21. The van der Waals surface area contributed by atoms with E-state index < -0.39 is 17.4 Å². The van der Waals surface area contributed by atoms with Gasteiger partial charge < -0.3 is 20.2 Å². The van der Waals surface area contributed by atoms with Gasteiger partial charge in [-0.1, -0.05) is 12.1 Å². The van der Waals surface area contributed by atoms with E-state index in [9.17, 15) is 14.9 Å². The lowest BCUT2D eigenvalue weighted by atomic mass is 9.83. The van der Waals surface area contributed by atoms with Crippen molar-refractivity contribution < 1.29 is 14.3 Å². The van der Waals surface area contributed by atoms with Crippen molar-refractivity contribution in [1.82, 2.24) is 4.98 Å². The van der Waals surface area contributed by atoms with E-state index in [4.69, 9.17) is 15.2 Å². The van der Waals surface area contributed by atoms with E-state index in [2.05, 4.69) is 4.98 Å². The number of carbonyl (C=O) groups excluding carboxylic acids is 1. The second-order valence-electron chi connectivity index (χ2n) is 6.66. The fraction of sp³-hybridized carbons (Fsp3) is 0.286. The third kappa shape index (κ3) is 3.03. The van der Waals surface area contributed by atoms with Crippen LogP contribution in [0.3, 0.4) is 0 Å². The zero-order valence-corrected chi connectivity index (χ0v) is 16.2. The first-order chi connectivity index (χ1) is 13.3. The van der Waals surface area contributed by atoms with Gasteiger partial charge in [0.15, 0.2) is 0 Å². The molecule has 3 N–H and O–H groups in total. The van der Waals surface area contributed by atoms with Gasteiger partial charge in [0.1, 0.15) is 17.4 Å². The van der Waals surface area contributed by atoms with Crippen LogP contribution >= 0.6 is 0 Å². The Kier molecular flexibility index (Phi) is 4.97. The number of ether oxygens (including phenoxy) is 2. The second kappa shape index (κ2) is 7.24. The molecule has 0 saturated heterocycles. The van der Waals surface area contributed by atoms with E-state index in [0.717, 1.165) is 22.0 Å². The number of nitrogens with two attached hydrogens (primary N) is 1. The van der Waals surface area contributed by atoms with Crippen molar-refractivity contribution in [3.63, 3.8) is 0 Å². The first-order valence-corrected chi connectivity index (χ1v) is 8.88. The highest BCUT2D eigenvalue weighted by Gasteiger charge is 2.37. The smallest absolute Gasteiger partial charge is 0.338 e. The number of aryl methyl sites for hydroxylation is 2. The Hall–Kier alpha value is -3.53. The summed E-state index contributed by atoms with van der Waals surface area (Å²) in [4.78, 5) is 28.5. The highest BCUT2D eigenvalue weighted by atomic mass is 16.5. The van der Waals surface area contributed by atoms with Gasteiger partial charge >= 0.3 is 5.97 Å². The maximum atomic E-state index is 13.0. The molecule has 0 fully saturated rings. The van der Waals surface area contributed by atoms with Crippen molar-refractivity contribution >= 4 is 16.9 Å². The molecule has 7 heteroatoms. The largest absolute Gasteiger partial charge is 0.463 e. The summed E-state index contributed by atoms with van der Waals surface area (Å²) >= 11 is 0. The van der Waals surface area contributed by atoms with E-state index in [1.807, 2.05) is 32.0 Å². The van der Waals surface area contributed by atoms with Crippen LogP contribution < -0.4 is 11.3 Å². The van der Waals surface area contributed by atoms with Gasteiger partial charge in [0.25, 0.3) is 5.56 Å². The first kappa shape index (κ1) is 19.2. The van der Waals surface area contributed by atoms with Crippen molar-refractivity contribution in [3.8, 4) is 6.07 Å². The number of benzene rings is 1. The fourth-order valence-electron chi connectivity index (χ4n) is 3.47. The average molecular weight is 379 g/mol. The van der Waals surface area contributed by atoms with Gasteiger partial charge in [0.2, 0.25) is 5.88 Å². The predicted octanol–water partition coefficient (Wildman–Crippen LogP) is 2.79. The molecular weight excluding hydrogens is 358 g/mol. The Morgan fingerprint density at radius 3 is 2.64 bits per heavy atom. The van der Waals surface area contributed by atoms with Crippen LogP contribution in [0.2, 0.25) is 0 Å². The van der Waals surface area contributed by atoms with Crippen LogP contribution in [0.25, 0.3) is 10.9 Å². The molecule has 0 saturated carbocycles. The highest BCUT2D eigenvalue weighted by Crippen LogP contribution is 2.39. The van der Waals surface area contributed by atoms with E-state index in [-0.39, 0.29) is 35.0 Å². The summed E-state index contributed by atoms with van der Waals surface area (Å²) in [5, 5.41) is 10.5. The number of pyridine rings is 1. The summed E-state index contributed by atoms with van der Waals surface area (Å²) in [6, 6.07) is 7.57. The van der Waals surface area contributed by atoms with Crippen LogP contribution in [0, 0.1) is 25.2 Å². The maximum absolute atomic E-state index is 13.0. The maximum Gasteiger partial charge on any atom is 0.338 e. The lowest BCUT2D eigenvalue weighted by molar-refractivity contribution is -0.139. The molecule has 0 radical (unpaired) electrons. The van der Waals surface area contributed by atoms with Crippen molar-refractivity contribution in [1.29, 1.82) is 5.26 Å². The van der Waals surface area contributed by atoms with Gasteiger partial charge in [-0.3, -0.25) is 4.79 Å². The minimum absolute atomic E-state index is 0.00353. The number of fused-ring (bicyclic) bond motifs is 1. The first-order valence-electron chi connectivity index (χ1n) is 8.88. The summed E-state index contributed by atoms with van der Waals surface area (Å²) in [6.07, 6.45) is 0. The highest BCUT2D eigenvalue weighted by molar-refractivity contribution is 5.93. The molecule has 0 spiro atoms. The molecule has 7 nitrogen and oxygen atoms in total. The minimum Gasteiger partial charge on any atom is -0.463 e. The van der Waals surface area contributed by atoms with E-state index in [1.54, 1.807) is 19.9 Å². The number of carbonyl (C=O) groups is 1. The number of nitriles is 1. The van der Waals surface area contributed by atoms with E-state index >= 15 is 0 Å². The number of hydrogen-bond donors (Lipinski definition) is 2. The number of rotatable bonds is 3. The zero-order valence-electron chi connectivity index (χ0n) is 16.2. The van der Waals surface area contributed by atoms with Crippen LogP contribution in [-0.2, 0) is 14.3 Å². The van der Waals surface area contributed by atoms with Crippen LogP contribution in [-0.4, -0.2) is 17.6 Å². The molecule has 2 heterocycles. The number of nitrogens with zero attached hydrogens (tertiary/aromatic N) is 1. The Morgan fingerprint density at radius 1 is 1.32 bits per heavy atom. The molecule has 0 aliphatic carbocycles. The topological polar surface area (TPSA) is 118 Å². The molecule has 144 valence electrons. The normalized spacial score (nSPS) is 16.8. The molecule has 1 aliphatic heterocycles. The SMILES string of the molecule is CCOC(=O)C1=C(C)OC(N)=C(C#N)[C@H]1c1cc2c(C)ccc(C)c2[nH]c1=O. The van der Waals surface area contributed by atoms with Gasteiger partial charge in [0.05, 0.1) is 23.6 Å². The van der Waals surface area contributed by atoms with Gasteiger partial charge in [-0.15, -0.1) is 0 Å². The third-order valence-electron chi connectivity index (χ3n) is 4.88. The molecule has 1 atom stereocenters. The van der Waals surface area contributed by atoms with Gasteiger partial charge in [-0.05, 0) is 44.9 Å². The molecular formula is C21H21N3O4. The molecule has 1 aliphatic rings. The number of esters is 1. The average Bonchev–Trinajstić information content (AvgIpc) is 2.64. The minimum atomic E-state index is -0.967. The Labute approximate surface area is 162 Å². The Morgan fingerprint density at radius 2 is 2.00 bits per heavy atom. The molecule has 0 unspecified atom stereocenters. The van der Waals surface area contributed by atoms with E-state index in [1.165, 1.54) is 0 Å². The molecule has 2 aromatic rings. The van der Waals surface area contributed by atoms with Crippen LogP contribution in [0.15, 0.2) is 45.8 Å². The number of nitrogens with one attached hydrogen (secondary N) is 1. The van der Waals surface area contributed by atoms with Gasteiger partial charge in [-0.25, -0.2) is 4.79 Å². The number of aromatic amines is 1. The predicted molar refractivity (Wildman–Crippen MR) is 104 cm³/mol. The quantitative estimate of drug-likeness (QED) is 0.792. The number of allylic oxidation sites excluding steroid dienone is 2. The summed E-state index contributed by atoms with van der Waals surface area (Å²) in [5.74, 6) is -1.53. The number of H-pyrrole nitrogens is 1. The van der Waals surface area contributed by atoms with Crippen LogP contribution in [0.1, 0.15) is 36.5 Å².